The number of hydrogen-bond acceptors (Lipinski definition) is 4. The molecule has 2 rings (SSSR count). The molecule has 116 valence electrons. The molecule has 2 N–H and O–H groups in total. The molecule has 0 aliphatic rings. The molecule has 0 atom stereocenters. The average Bonchev–Trinajstić information content (AvgIpc) is 2.48. The van der Waals surface area contributed by atoms with Gasteiger partial charge in [0.05, 0.1) is 11.3 Å². The molecule has 0 bridgehead atoms. The fraction of sp³-hybridized carbons (Fsp3) is 0.231. The van der Waals surface area contributed by atoms with Gasteiger partial charge >= 0.3 is 6.18 Å². The first-order chi connectivity index (χ1) is 10.5. The number of nitrogens with zero attached hydrogens (tertiary/aromatic N) is 3. The van der Waals surface area contributed by atoms with Crippen LogP contribution in [0.4, 0.5) is 19.0 Å². The van der Waals surface area contributed by atoms with E-state index in [2.05, 4.69) is 25.6 Å². The maximum Gasteiger partial charge on any atom is 0.419 e. The van der Waals surface area contributed by atoms with E-state index in [1.807, 2.05) is 0 Å². The Morgan fingerprint density at radius 2 is 2.00 bits per heavy atom. The Labute approximate surface area is 130 Å². The molecule has 0 aliphatic carbocycles. The zero-order chi connectivity index (χ0) is 16.0. The minimum atomic E-state index is -4.49. The maximum absolute atomic E-state index is 12.8. The first kappa shape index (κ1) is 16.1. The number of aromatic nitrogens is 3. The smallest absolute Gasteiger partial charge is 0.362 e. The Morgan fingerprint density at radius 1 is 1.18 bits per heavy atom. The van der Waals surface area contributed by atoms with Crippen LogP contribution >= 0.6 is 12.2 Å². The Bertz CT molecular complexity index is 633. The van der Waals surface area contributed by atoms with Gasteiger partial charge in [0.1, 0.15) is 5.82 Å². The first-order valence-electron chi connectivity index (χ1n) is 6.29. The molecule has 0 saturated heterocycles. The quantitative estimate of drug-likeness (QED) is 0.841. The summed E-state index contributed by atoms with van der Waals surface area (Å²) in [5.74, 6) is -0.327. The molecule has 2 heterocycles. The normalized spacial score (nSPS) is 11.0. The molecule has 0 spiro atoms. The van der Waals surface area contributed by atoms with Crippen molar-refractivity contribution in [3.63, 3.8) is 0 Å². The van der Waals surface area contributed by atoms with Crippen molar-refractivity contribution in [3.05, 3.63) is 48.2 Å². The van der Waals surface area contributed by atoms with Crippen LogP contribution < -0.4 is 10.6 Å². The van der Waals surface area contributed by atoms with Gasteiger partial charge in [-0.1, -0.05) is 0 Å². The Balaban J connectivity index is 1.90. The summed E-state index contributed by atoms with van der Waals surface area (Å²) in [6.45, 7) is 0.415. The third-order valence-electron chi connectivity index (χ3n) is 2.63. The maximum atomic E-state index is 12.8. The predicted molar refractivity (Wildman–Crippen MR) is 79.2 cm³/mol. The minimum absolute atomic E-state index is 0.0630. The molecule has 0 saturated carbocycles. The van der Waals surface area contributed by atoms with Crippen LogP contribution in [0.5, 0.6) is 0 Å². The Morgan fingerprint density at radius 3 is 2.68 bits per heavy atom. The van der Waals surface area contributed by atoms with Gasteiger partial charge in [-0.2, -0.15) is 13.2 Å². The lowest BCUT2D eigenvalue weighted by molar-refractivity contribution is -0.137. The van der Waals surface area contributed by atoms with Gasteiger partial charge in [-0.25, -0.2) is 4.98 Å². The van der Waals surface area contributed by atoms with E-state index >= 15 is 0 Å². The van der Waals surface area contributed by atoms with E-state index in [1.54, 1.807) is 18.6 Å². The van der Waals surface area contributed by atoms with Crippen molar-refractivity contribution < 1.29 is 13.2 Å². The van der Waals surface area contributed by atoms with E-state index in [9.17, 15) is 13.2 Å². The van der Waals surface area contributed by atoms with Gasteiger partial charge in [0, 0.05) is 37.8 Å². The van der Waals surface area contributed by atoms with Crippen molar-refractivity contribution in [2.24, 2.45) is 0 Å². The second kappa shape index (κ2) is 7.12. The van der Waals surface area contributed by atoms with E-state index in [0.29, 0.717) is 13.0 Å². The summed E-state index contributed by atoms with van der Waals surface area (Å²) in [4.78, 5) is 11.7. The SMILES string of the molecule is FC(F)(F)c1cccnc1NC(=S)NCCc1cnccn1. The zero-order valence-corrected chi connectivity index (χ0v) is 12.1. The number of rotatable bonds is 4. The number of halogens is 3. The monoisotopic (exact) mass is 327 g/mol. The van der Waals surface area contributed by atoms with Crippen molar-refractivity contribution in [1.29, 1.82) is 0 Å². The average molecular weight is 327 g/mol. The Hall–Kier alpha value is -2.29. The second-order valence-electron chi connectivity index (χ2n) is 4.22. The predicted octanol–water partition coefficient (Wildman–Crippen LogP) is 2.42. The number of alkyl halides is 3. The van der Waals surface area contributed by atoms with Gasteiger partial charge in [0.2, 0.25) is 0 Å². The van der Waals surface area contributed by atoms with Gasteiger partial charge in [0.15, 0.2) is 5.11 Å². The highest BCUT2D eigenvalue weighted by Gasteiger charge is 2.34. The highest BCUT2D eigenvalue weighted by molar-refractivity contribution is 7.80. The third kappa shape index (κ3) is 4.62. The van der Waals surface area contributed by atoms with Gasteiger partial charge in [0.25, 0.3) is 0 Å². The molecule has 0 amide bonds. The number of thiocarbonyl (C=S) groups is 1. The summed E-state index contributed by atoms with van der Waals surface area (Å²) in [6.07, 6.45) is 2.05. The van der Waals surface area contributed by atoms with E-state index in [1.165, 1.54) is 12.3 Å². The molecule has 2 aromatic rings. The third-order valence-corrected chi connectivity index (χ3v) is 2.87. The lowest BCUT2D eigenvalue weighted by Crippen LogP contribution is -2.31. The summed E-state index contributed by atoms with van der Waals surface area (Å²) >= 11 is 4.97. The largest absolute Gasteiger partial charge is 0.419 e. The van der Waals surface area contributed by atoms with Crippen LogP contribution in [0.15, 0.2) is 36.9 Å². The minimum Gasteiger partial charge on any atom is -0.362 e. The van der Waals surface area contributed by atoms with E-state index in [4.69, 9.17) is 12.2 Å². The first-order valence-corrected chi connectivity index (χ1v) is 6.69. The molecule has 5 nitrogen and oxygen atoms in total. The topological polar surface area (TPSA) is 62.7 Å². The van der Waals surface area contributed by atoms with Crippen molar-refractivity contribution in [2.75, 3.05) is 11.9 Å². The van der Waals surface area contributed by atoms with Crippen molar-refractivity contribution in [2.45, 2.75) is 12.6 Å². The Kier molecular flexibility index (Phi) is 5.21. The van der Waals surface area contributed by atoms with Gasteiger partial charge in [-0.3, -0.25) is 9.97 Å². The van der Waals surface area contributed by atoms with E-state index in [-0.39, 0.29) is 10.9 Å². The lowest BCUT2D eigenvalue weighted by atomic mass is 10.2. The summed E-state index contributed by atoms with van der Waals surface area (Å²) in [7, 11) is 0. The molecule has 0 fully saturated rings. The van der Waals surface area contributed by atoms with Crippen molar-refractivity contribution >= 4 is 23.1 Å². The summed E-state index contributed by atoms with van der Waals surface area (Å²) in [5, 5.41) is 5.32. The van der Waals surface area contributed by atoms with Crippen molar-refractivity contribution in [1.82, 2.24) is 20.3 Å². The van der Waals surface area contributed by atoms with E-state index < -0.39 is 11.7 Å². The molecule has 0 aromatic carbocycles. The highest BCUT2D eigenvalue weighted by atomic mass is 32.1. The number of hydrogen-bond donors (Lipinski definition) is 2. The van der Waals surface area contributed by atoms with E-state index in [0.717, 1.165) is 11.8 Å². The molecule has 0 unspecified atom stereocenters. The summed E-state index contributed by atoms with van der Waals surface area (Å²) in [6, 6.07) is 2.16. The number of pyridine rings is 1. The molecule has 0 aliphatic heterocycles. The summed E-state index contributed by atoms with van der Waals surface area (Å²) in [5.41, 5.74) is -0.111. The second-order valence-corrected chi connectivity index (χ2v) is 4.63. The fourth-order valence-electron chi connectivity index (χ4n) is 1.65. The van der Waals surface area contributed by atoms with Gasteiger partial charge < -0.3 is 10.6 Å². The zero-order valence-electron chi connectivity index (χ0n) is 11.3. The number of nitrogens with one attached hydrogen (secondary N) is 2. The molecular weight excluding hydrogens is 315 g/mol. The van der Waals surface area contributed by atoms with Crippen LogP contribution in [0.2, 0.25) is 0 Å². The van der Waals surface area contributed by atoms with Crippen LogP contribution in [0.1, 0.15) is 11.3 Å². The van der Waals surface area contributed by atoms with Gasteiger partial charge in [-0.05, 0) is 24.4 Å². The van der Waals surface area contributed by atoms with Crippen LogP contribution in [0.3, 0.4) is 0 Å². The highest BCUT2D eigenvalue weighted by Crippen LogP contribution is 2.33. The standard InChI is InChI=1S/C13H12F3N5S/c14-13(15,16)10-2-1-4-19-11(10)21-12(22)20-5-3-9-8-17-6-7-18-9/h1-2,4,6-8H,3,5H2,(H2,19,20,21,22). The number of anilines is 1. The van der Waals surface area contributed by atoms with Crippen LogP contribution in [-0.4, -0.2) is 26.6 Å². The molecule has 9 heteroatoms. The molecular formula is C13H12F3N5S. The molecule has 22 heavy (non-hydrogen) atoms. The fourth-order valence-corrected chi connectivity index (χ4v) is 1.85. The van der Waals surface area contributed by atoms with Crippen LogP contribution in [0.25, 0.3) is 0 Å². The lowest BCUT2D eigenvalue weighted by Gasteiger charge is -2.14. The molecule has 2 aromatic heterocycles. The van der Waals surface area contributed by atoms with Crippen LogP contribution in [0, 0.1) is 0 Å². The van der Waals surface area contributed by atoms with Crippen molar-refractivity contribution in [3.8, 4) is 0 Å². The van der Waals surface area contributed by atoms with Crippen LogP contribution in [-0.2, 0) is 12.6 Å². The van der Waals surface area contributed by atoms with Gasteiger partial charge in [-0.15, -0.1) is 0 Å². The molecule has 0 radical (unpaired) electrons. The summed E-state index contributed by atoms with van der Waals surface area (Å²) < 4.78 is 38.4.